The van der Waals surface area contributed by atoms with Crippen LogP contribution in [0.25, 0.3) is 0 Å². The molecule has 0 amide bonds. The van der Waals surface area contributed by atoms with Crippen molar-refractivity contribution in [3.8, 4) is 0 Å². The minimum Gasteiger partial charge on any atom is -0.396 e. The number of halogens is 3. The van der Waals surface area contributed by atoms with Gasteiger partial charge in [-0.25, -0.2) is 17.2 Å². The predicted octanol–water partition coefficient (Wildman–Crippen LogP) is 4.47. The van der Waals surface area contributed by atoms with Gasteiger partial charge in [0, 0.05) is 17.2 Å². The Hall–Kier alpha value is -1.50. The van der Waals surface area contributed by atoms with Gasteiger partial charge in [-0.05, 0) is 67.6 Å². The molecule has 1 saturated carbocycles. The molecule has 0 heterocycles. The largest absolute Gasteiger partial charge is 0.396 e. The van der Waals surface area contributed by atoms with Gasteiger partial charge in [0.15, 0.2) is 9.84 Å². The predicted molar refractivity (Wildman–Crippen MR) is 95.7 cm³/mol. The van der Waals surface area contributed by atoms with E-state index < -0.39 is 26.2 Å². The molecule has 2 atom stereocenters. The maximum atomic E-state index is 14.6. The Bertz CT molecular complexity index is 900. The standard InChI is InChI=1S/C19H19ClF2O3S/c20-14-3-6-16(7-4-14)26(24,25)19(9-1-2-13(11-19)12-23)17-10-15(21)5-8-18(17)22/h3-8,10,13,23H,1-2,9,11-12H2/t13-,19+/m0/s1. The Kier molecular flexibility index (Phi) is 5.37. The first kappa shape index (κ1) is 19.3. The molecule has 3 rings (SSSR count). The third kappa shape index (κ3) is 3.26. The first-order valence-corrected chi connectivity index (χ1v) is 10.2. The number of rotatable bonds is 4. The van der Waals surface area contributed by atoms with E-state index in [0.717, 1.165) is 18.2 Å². The normalized spacial score (nSPS) is 23.8. The lowest BCUT2D eigenvalue weighted by molar-refractivity contribution is 0.167. The molecule has 0 spiro atoms. The van der Waals surface area contributed by atoms with Gasteiger partial charge >= 0.3 is 0 Å². The van der Waals surface area contributed by atoms with Crippen molar-refractivity contribution in [2.24, 2.45) is 5.92 Å². The summed E-state index contributed by atoms with van der Waals surface area (Å²) >= 11 is 5.85. The topological polar surface area (TPSA) is 54.4 Å². The minimum absolute atomic E-state index is 0.00384. The van der Waals surface area contributed by atoms with Crippen molar-refractivity contribution in [3.63, 3.8) is 0 Å². The molecule has 1 fully saturated rings. The van der Waals surface area contributed by atoms with Crippen molar-refractivity contribution in [1.82, 2.24) is 0 Å². The average molecular weight is 401 g/mol. The second-order valence-electron chi connectivity index (χ2n) is 6.72. The van der Waals surface area contributed by atoms with Crippen LogP contribution in [0, 0.1) is 17.6 Å². The second-order valence-corrected chi connectivity index (χ2v) is 9.42. The number of aliphatic hydroxyl groups excluding tert-OH is 1. The molecule has 2 aromatic carbocycles. The van der Waals surface area contributed by atoms with E-state index in [-0.39, 0.29) is 35.8 Å². The monoisotopic (exact) mass is 400 g/mol. The van der Waals surface area contributed by atoms with E-state index in [2.05, 4.69) is 0 Å². The van der Waals surface area contributed by atoms with Crippen molar-refractivity contribution in [2.45, 2.75) is 35.3 Å². The summed E-state index contributed by atoms with van der Waals surface area (Å²) in [6.07, 6.45) is 1.34. The van der Waals surface area contributed by atoms with Crippen LogP contribution in [-0.2, 0) is 14.6 Å². The van der Waals surface area contributed by atoms with Gasteiger partial charge in [0.1, 0.15) is 16.4 Å². The zero-order valence-electron chi connectivity index (χ0n) is 14.0. The van der Waals surface area contributed by atoms with Crippen LogP contribution in [0.3, 0.4) is 0 Å². The summed E-state index contributed by atoms with van der Waals surface area (Å²) in [6.45, 7) is -0.200. The highest BCUT2D eigenvalue weighted by Crippen LogP contribution is 2.49. The zero-order valence-corrected chi connectivity index (χ0v) is 15.5. The highest BCUT2D eigenvalue weighted by molar-refractivity contribution is 7.92. The molecular weight excluding hydrogens is 382 g/mol. The third-order valence-electron chi connectivity index (χ3n) is 5.13. The Morgan fingerprint density at radius 2 is 1.85 bits per heavy atom. The lowest BCUT2D eigenvalue weighted by Gasteiger charge is -2.40. The van der Waals surface area contributed by atoms with Gasteiger partial charge in [-0.2, -0.15) is 0 Å². The smallest absolute Gasteiger partial charge is 0.188 e. The number of hydrogen-bond donors (Lipinski definition) is 1. The lowest BCUT2D eigenvalue weighted by atomic mass is 9.77. The molecule has 1 aliphatic rings. The third-order valence-corrected chi connectivity index (χ3v) is 7.89. The fraction of sp³-hybridized carbons (Fsp3) is 0.368. The highest BCUT2D eigenvalue weighted by Gasteiger charge is 2.50. The number of hydrogen-bond acceptors (Lipinski definition) is 3. The molecular formula is C19H19ClF2O3S. The number of benzene rings is 2. The van der Waals surface area contributed by atoms with Crippen LogP contribution in [0.4, 0.5) is 8.78 Å². The van der Waals surface area contributed by atoms with Gasteiger partial charge in [-0.15, -0.1) is 0 Å². The minimum atomic E-state index is -4.05. The van der Waals surface area contributed by atoms with E-state index in [9.17, 15) is 22.3 Å². The molecule has 0 bridgehead atoms. The van der Waals surface area contributed by atoms with Crippen LogP contribution < -0.4 is 0 Å². The molecule has 2 aromatic rings. The molecule has 1 N–H and O–H groups in total. The first-order valence-electron chi connectivity index (χ1n) is 8.37. The van der Waals surface area contributed by atoms with Gasteiger partial charge < -0.3 is 5.11 Å². The number of sulfone groups is 1. The molecule has 1 aliphatic carbocycles. The summed E-state index contributed by atoms with van der Waals surface area (Å²) in [4.78, 5) is 0.00384. The van der Waals surface area contributed by atoms with Crippen LogP contribution in [-0.4, -0.2) is 20.1 Å². The Balaban J connectivity index is 2.24. The van der Waals surface area contributed by atoms with Crippen molar-refractivity contribution in [1.29, 1.82) is 0 Å². The van der Waals surface area contributed by atoms with E-state index in [0.29, 0.717) is 17.9 Å². The maximum absolute atomic E-state index is 14.6. The molecule has 0 radical (unpaired) electrons. The van der Waals surface area contributed by atoms with Gasteiger partial charge in [0.2, 0.25) is 0 Å². The van der Waals surface area contributed by atoms with E-state index in [1.807, 2.05) is 0 Å². The number of aliphatic hydroxyl groups is 1. The molecule has 26 heavy (non-hydrogen) atoms. The second kappa shape index (κ2) is 7.25. The van der Waals surface area contributed by atoms with Crippen LogP contribution in [0.15, 0.2) is 47.4 Å². The molecule has 0 aliphatic heterocycles. The Morgan fingerprint density at radius 1 is 1.15 bits per heavy atom. The molecule has 0 aromatic heterocycles. The van der Waals surface area contributed by atoms with E-state index in [1.165, 1.54) is 24.3 Å². The van der Waals surface area contributed by atoms with Crippen LogP contribution >= 0.6 is 11.6 Å². The summed E-state index contributed by atoms with van der Waals surface area (Å²) in [5.74, 6) is -1.76. The van der Waals surface area contributed by atoms with Crippen molar-refractivity contribution >= 4 is 21.4 Å². The van der Waals surface area contributed by atoms with Crippen molar-refractivity contribution in [3.05, 3.63) is 64.7 Å². The van der Waals surface area contributed by atoms with Crippen molar-refractivity contribution in [2.75, 3.05) is 6.61 Å². The quantitative estimate of drug-likeness (QED) is 0.823. The Morgan fingerprint density at radius 3 is 2.50 bits per heavy atom. The van der Waals surface area contributed by atoms with Crippen LogP contribution in [0.2, 0.25) is 5.02 Å². The zero-order chi connectivity index (χ0) is 18.9. The van der Waals surface area contributed by atoms with Gasteiger partial charge in [0.05, 0.1) is 4.90 Å². The van der Waals surface area contributed by atoms with Gasteiger partial charge in [0.25, 0.3) is 0 Å². The molecule has 3 nitrogen and oxygen atoms in total. The summed E-state index contributed by atoms with van der Waals surface area (Å²) in [5, 5.41) is 9.97. The maximum Gasteiger partial charge on any atom is 0.188 e. The molecule has 7 heteroatoms. The Labute approximate surface area is 156 Å². The highest BCUT2D eigenvalue weighted by atomic mass is 35.5. The summed E-state index contributed by atoms with van der Waals surface area (Å²) in [7, 11) is -4.05. The van der Waals surface area contributed by atoms with Crippen LogP contribution in [0.1, 0.15) is 31.2 Å². The van der Waals surface area contributed by atoms with Crippen molar-refractivity contribution < 1.29 is 22.3 Å². The van der Waals surface area contributed by atoms with Crippen LogP contribution in [0.5, 0.6) is 0 Å². The van der Waals surface area contributed by atoms with E-state index in [4.69, 9.17) is 11.6 Å². The fourth-order valence-electron chi connectivity index (χ4n) is 3.82. The molecule has 0 unspecified atom stereocenters. The lowest BCUT2D eigenvalue weighted by Crippen LogP contribution is -2.42. The fourth-order valence-corrected chi connectivity index (χ4v) is 6.21. The average Bonchev–Trinajstić information content (AvgIpc) is 2.64. The molecule has 140 valence electrons. The van der Waals surface area contributed by atoms with Gasteiger partial charge in [-0.1, -0.05) is 18.0 Å². The van der Waals surface area contributed by atoms with Gasteiger partial charge in [-0.3, -0.25) is 0 Å². The van der Waals surface area contributed by atoms with E-state index >= 15 is 0 Å². The summed E-state index contributed by atoms with van der Waals surface area (Å²) in [5.41, 5.74) is -0.175. The summed E-state index contributed by atoms with van der Waals surface area (Å²) < 4.78 is 53.9. The SMILES string of the molecule is O=S(=O)(c1ccc(Cl)cc1)[C@]1(c2cc(F)ccc2F)CCC[C@H](CO)C1. The molecule has 0 saturated heterocycles. The van der Waals surface area contributed by atoms with E-state index in [1.54, 1.807) is 0 Å². The summed E-state index contributed by atoms with van der Waals surface area (Å²) in [6, 6.07) is 8.54. The first-order chi connectivity index (χ1) is 12.3.